The molecule has 0 spiro atoms. The van der Waals surface area contributed by atoms with E-state index in [2.05, 4.69) is 10.1 Å². The van der Waals surface area contributed by atoms with E-state index < -0.39 is 35.8 Å². The zero-order chi connectivity index (χ0) is 20.7. The summed E-state index contributed by atoms with van der Waals surface area (Å²) in [5.41, 5.74) is 0. The Balaban J connectivity index is 3.11. The van der Waals surface area contributed by atoms with Crippen molar-refractivity contribution in [2.45, 2.75) is 45.7 Å². The smallest absolute Gasteiger partial charge is 0.308 e. The molecular formula is C17H25N3O7. The maximum absolute atomic E-state index is 12.9. The van der Waals surface area contributed by atoms with Crippen LogP contribution in [0.4, 0.5) is 0 Å². The van der Waals surface area contributed by atoms with E-state index in [-0.39, 0.29) is 44.0 Å². The minimum Gasteiger partial charge on any atom is -0.469 e. The van der Waals surface area contributed by atoms with Crippen molar-refractivity contribution in [3.8, 4) is 0 Å². The van der Waals surface area contributed by atoms with Crippen molar-refractivity contribution >= 4 is 35.3 Å². The Labute approximate surface area is 157 Å². The second-order valence-corrected chi connectivity index (χ2v) is 6.45. The van der Waals surface area contributed by atoms with Gasteiger partial charge in [-0.15, -0.1) is 0 Å². The molecule has 0 radical (unpaired) electrons. The minimum atomic E-state index is -1.17. The SMILES string of the molecule is COC(=O)CC1C(=O)N(CC(C)=O)CCN1C(=O)C(CC(C)=O)NC(C)=O. The summed E-state index contributed by atoms with van der Waals surface area (Å²) in [5.74, 6) is -2.93. The van der Waals surface area contributed by atoms with Crippen LogP contribution in [0.1, 0.15) is 33.6 Å². The molecule has 1 N–H and O–H groups in total. The van der Waals surface area contributed by atoms with Gasteiger partial charge in [0.25, 0.3) is 0 Å². The zero-order valence-electron chi connectivity index (χ0n) is 15.9. The molecule has 0 aromatic carbocycles. The second-order valence-electron chi connectivity index (χ2n) is 6.45. The van der Waals surface area contributed by atoms with Gasteiger partial charge in [-0.2, -0.15) is 0 Å². The number of hydrogen-bond donors (Lipinski definition) is 1. The fourth-order valence-electron chi connectivity index (χ4n) is 2.90. The van der Waals surface area contributed by atoms with Crippen molar-refractivity contribution in [2.75, 3.05) is 26.7 Å². The Morgan fingerprint density at radius 3 is 2.22 bits per heavy atom. The topological polar surface area (TPSA) is 130 Å². The van der Waals surface area contributed by atoms with Gasteiger partial charge in [0.05, 0.1) is 20.1 Å². The van der Waals surface area contributed by atoms with Crippen molar-refractivity contribution in [3.63, 3.8) is 0 Å². The van der Waals surface area contributed by atoms with Crippen molar-refractivity contribution < 1.29 is 33.5 Å². The number of piperazine rings is 1. The summed E-state index contributed by atoms with van der Waals surface area (Å²) in [4.78, 5) is 74.0. The highest BCUT2D eigenvalue weighted by molar-refractivity contribution is 5.97. The predicted octanol–water partition coefficient (Wildman–Crippen LogP) is -1.34. The van der Waals surface area contributed by atoms with E-state index in [0.717, 1.165) is 7.11 Å². The van der Waals surface area contributed by atoms with Crippen LogP contribution in [0.15, 0.2) is 0 Å². The van der Waals surface area contributed by atoms with Crippen molar-refractivity contribution in [1.82, 2.24) is 15.1 Å². The lowest BCUT2D eigenvalue weighted by Crippen LogP contribution is -2.63. The molecule has 10 nitrogen and oxygen atoms in total. The number of ether oxygens (including phenoxy) is 1. The maximum atomic E-state index is 12.9. The summed E-state index contributed by atoms with van der Waals surface area (Å²) in [6, 6.07) is -2.30. The molecule has 1 rings (SSSR count). The first-order chi connectivity index (χ1) is 12.6. The number of Topliss-reactive ketones (excluding diaryl/α,β-unsaturated/α-hetero) is 2. The molecule has 3 amide bonds. The molecule has 0 aromatic heterocycles. The largest absolute Gasteiger partial charge is 0.469 e. The maximum Gasteiger partial charge on any atom is 0.308 e. The third kappa shape index (κ3) is 6.46. The second kappa shape index (κ2) is 9.79. The Hall–Kier alpha value is -2.78. The van der Waals surface area contributed by atoms with Gasteiger partial charge in [0.2, 0.25) is 17.7 Å². The number of carbonyl (C=O) groups excluding carboxylic acids is 6. The van der Waals surface area contributed by atoms with Gasteiger partial charge in [-0.1, -0.05) is 0 Å². The van der Waals surface area contributed by atoms with Crippen LogP contribution in [-0.2, 0) is 33.5 Å². The van der Waals surface area contributed by atoms with Gasteiger partial charge in [-0.05, 0) is 13.8 Å². The first-order valence-corrected chi connectivity index (χ1v) is 8.48. The molecule has 1 saturated heterocycles. The first kappa shape index (κ1) is 22.3. The highest BCUT2D eigenvalue weighted by Gasteiger charge is 2.41. The van der Waals surface area contributed by atoms with Crippen LogP contribution in [0.2, 0.25) is 0 Å². The van der Waals surface area contributed by atoms with Crippen LogP contribution in [0.5, 0.6) is 0 Å². The number of ketones is 2. The zero-order valence-corrected chi connectivity index (χ0v) is 15.9. The Kier molecular flexibility index (Phi) is 8.07. The quantitative estimate of drug-likeness (QED) is 0.514. The molecule has 2 unspecified atom stereocenters. The van der Waals surface area contributed by atoms with Crippen LogP contribution in [0.25, 0.3) is 0 Å². The van der Waals surface area contributed by atoms with E-state index in [1.54, 1.807) is 0 Å². The third-order valence-corrected chi connectivity index (χ3v) is 4.04. The normalized spacial score (nSPS) is 17.9. The average molecular weight is 383 g/mol. The van der Waals surface area contributed by atoms with E-state index in [1.165, 1.54) is 30.6 Å². The highest BCUT2D eigenvalue weighted by Crippen LogP contribution is 2.18. The molecule has 1 heterocycles. The van der Waals surface area contributed by atoms with Crippen LogP contribution >= 0.6 is 0 Å². The van der Waals surface area contributed by atoms with Gasteiger partial charge < -0.3 is 19.9 Å². The van der Waals surface area contributed by atoms with Gasteiger partial charge in [0.1, 0.15) is 23.7 Å². The summed E-state index contributed by atoms with van der Waals surface area (Å²) in [5, 5.41) is 2.41. The number of nitrogens with zero attached hydrogens (tertiary/aromatic N) is 2. The predicted molar refractivity (Wildman–Crippen MR) is 92.3 cm³/mol. The lowest BCUT2D eigenvalue weighted by atomic mass is 10.0. The number of esters is 1. The summed E-state index contributed by atoms with van der Waals surface area (Å²) in [6.07, 6.45) is -0.618. The number of amides is 3. The number of methoxy groups -OCH3 is 1. The molecule has 150 valence electrons. The third-order valence-electron chi connectivity index (χ3n) is 4.04. The lowest BCUT2D eigenvalue weighted by molar-refractivity contribution is -0.158. The Morgan fingerprint density at radius 2 is 1.74 bits per heavy atom. The molecule has 0 saturated carbocycles. The van der Waals surface area contributed by atoms with E-state index in [9.17, 15) is 28.8 Å². The molecule has 0 aromatic rings. The van der Waals surface area contributed by atoms with Crippen molar-refractivity contribution in [3.05, 3.63) is 0 Å². The van der Waals surface area contributed by atoms with Gasteiger partial charge in [0.15, 0.2) is 0 Å². The highest BCUT2D eigenvalue weighted by atomic mass is 16.5. The van der Waals surface area contributed by atoms with Crippen LogP contribution in [0, 0.1) is 0 Å². The average Bonchev–Trinajstić information content (AvgIpc) is 2.56. The van der Waals surface area contributed by atoms with Gasteiger partial charge >= 0.3 is 5.97 Å². The van der Waals surface area contributed by atoms with Crippen LogP contribution in [-0.4, -0.2) is 83.9 Å². The summed E-state index contributed by atoms with van der Waals surface area (Å²) in [7, 11) is 1.16. The van der Waals surface area contributed by atoms with Crippen molar-refractivity contribution in [2.24, 2.45) is 0 Å². The monoisotopic (exact) mass is 383 g/mol. The standard InChI is InChI=1S/C17H25N3O7/c1-10(21)7-13(18-12(3)23)16(25)20-6-5-19(9-11(2)22)17(26)14(20)8-15(24)27-4/h13-14H,5-9H2,1-4H3,(H,18,23). The number of nitrogens with one attached hydrogen (secondary N) is 1. The van der Waals surface area contributed by atoms with Crippen molar-refractivity contribution in [1.29, 1.82) is 0 Å². The minimum absolute atomic E-state index is 0.0630. The summed E-state index contributed by atoms with van der Waals surface area (Å²) >= 11 is 0. The van der Waals surface area contributed by atoms with E-state index in [1.807, 2.05) is 0 Å². The number of rotatable bonds is 8. The summed E-state index contributed by atoms with van der Waals surface area (Å²) in [6.45, 7) is 3.87. The van der Waals surface area contributed by atoms with E-state index in [4.69, 9.17) is 0 Å². The molecule has 2 atom stereocenters. The van der Waals surface area contributed by atoms with Crippen LogP contribution < -0.4 is 5.32 Å². The first-order valence-electron chi connectivity index (χ1n) is 8.48. The van der Waals surface area contributed by atoms with Gasteiger partial charge in [-0.25, -0.2) is 0 Å². The lowest BCUT2D eigenvalue weighted by Gasteiger charge is -2.41. The van der Waals surface area contributed by atoms with E-state index >= 15 is 0 Å². The molecule has 0 bridgehead atoms. The summed E-state index contributed by atoms with van der Waals surface area (Å²) < 4.78 is 4.60. The molecule has 1 aliphatic rings. The molecule has 27 heavy (non-hydrogen) atoms. The van der Waals surface area contributed by atoms with Gasteiger partial charge in [-0.3, -0.25) is 28.8 Å². The fourth-order valence-corrected chi connectivity index (χ4v) is 2.90. The van der Waals surface area contributed by atoms with Gasteiger partial charge in [0, 0.05) is 26.4 Å². The number of carbonyl (C=O) groups is 6. The van der Waals surface area contributed by atoms with Crippen LogP contribution in [0.3, 0.4) is 0 Å². The Bertz CT molecular complexity index is 630. The molecule has 1 fully saturated rings. The molecular weight excluding hydrogens is 358 g/mol. The van der Waals surface area contributed by atoms with E-state index in [0.29, 0.717) is 0 Å². The Morgan fingerprint density at radius 1 is 1.11 bits per heavy atom. The molecule has 10 heteroatoms. The fraction of sp³-hybridized carbons (Fsp3) is 0.647. The molecule has 1 aliphatic heterocycles. The molecule has 0 aliphatic carbocycles. The number of hydrogen-bond acceptors (Lipinski definition) is 7.